The molecule has 1 aromatic heterocycles. The van der Waals surface area contributed by atoms with Crippen LogP contribution in [0.4, 0.5) is 5.69 Å². The van der Waals surface area contributed by atoms with Crippen molar-refractivity contribution in [2.75, 3.05) is 12.4 Å². The number of rotatable bonds is 5. The normalized spacial score (nSPS) is 11.7. The fourth-order valence-electron chi connectivity index (χ4n) is 2.73. The molecular weight excluding hydrogens is 398 g/mol. The molecule has 9 heteroatoms. The number of anilines is 1. The van der Waals surface area contributed by atoms with E-state index >= 15 is 0 Å². The average Bonchev–Trinajstić information content (AvgIpc) is 2.70. The van der Waals surface area contributed by atoms with Gasteiger partial charge < -0.3 is 14.8 Å². The van der Waals surface area contributed by atoms with Crippen LogP contribution in [0.3, 0.4) is 0 Å². The SMILES string of the molecule is COc1ccc(Cl)cc1NC(=O)[C@@H](C)OC(=O)c1nn(C)c(=O)c2ccccc12. The van der Waals surface area contributed by atoms with E-state index in [9.17, 15) is 14.4 Å². The molecule has 1 atom stereocenters. The number of methoxy groups -OCH3 is 1. The molecule has 0 spiro atoms. The highest BCUT2D eigenvalue weighted by Crippen LogP contribution is 2.28. The number of ether oxygens (including phenoxy) is 2. The van der Waals surface area contributed by atoms with Gasteiger partial charge in [-0.15, -0.1) is 0 Å². The number of benzene rings is 2. The van der Waals surface area contributed by atoms with Crippen LogP contribution in [0.1, 0.15) is 17.4 Å². The van der Waals surface area contributed by atoms with Crippen molar-refractivity contribution in [3.8, 4) is 5.75 Å². The standard InChI is InChI=1S/C20H18ClN3O5/c1-11(18(25)22-15-10-12(21)8-9-16(15)28-3)29-20(27)17-13-6-4-5-7-14(13)19(26)24(2)23-17/h4-11H,1-3H3,(H,22,25)/t11-/m1/s1. The molecule has 1 amide bonds. The lowest BCUT2D eigenvalue weighted by atomic mass is 10.1. The van der Waals surface area contributed by atoms with Crippen molar-refractivity contribution in [3.05, 3.63) is 63.5 Å². The van der Waals surface area contributed by atoms with Gasteiger partial charge in [0.1, 0.15) is 5.75 Å². The van der Waals surface area contributed by atoms with Crippen LogP contribution in [0, 0.1) is 0 Å². The zero-order valence-corrected chi connectivity index (χ0v) is 16.7. The maximum atomic E-state index is 12.6. The number of aryl methyl sites for hydroxylation is 1. The number of carbonyl (C=O) groups excluding carboxylic acids is 2. The summed E-state index contributed by atoms with van der Waals surface area (Å²) in [5.74, 6) is -0.988. The van der Waals surface area contributed by atoms with Crippen LogP contribution in [0.5, 0.6) is 5.75 Å². The second-order valence-corrected chi connectivity index (χ2v) is 6.64. The lowest BCUT2D eigenvalue weighted by Gasteiger charge is -2.16. The van der Waals surface area contributed by atoms with Crippen molar-refractivity contribution >= 4 is 39.9 Å². The summed E-state index contributed by atoms with van der Waals surface area (Å²) < 4.78 is 11.5. The fraction of sp³-hybridized carbons (Fsp3) is 0.200. The molecule has 0 aliphatic carbocycles. The zero-order chi connectivity index (χ0) is 21.1. The topological polar surface area (TPSA) is 99.5 Å². The van der Waals surface area contributed by atoms with Gasteiger partial charge in [0.05, 0.1) is 18.2 Å². The van der Waals surface area contributed by atoms with Gasteiger partial charge in [0.2, 0.25) is 0 Å². The zero-order valence-electron chi connectivity index (χ0n) is 15.9. The van der Waals surface area contributed by atoms with Gasteiger partial charge in [0, 0.05) is 17.5 Å². The van der Waals surface area contributed by atoms with E-state index in [4.69, 9.17) is 21.1 Å². The monoisotopic (exact) mass is 415 g/mol. The van der Waals surface area contributed by atoms with E-state index in [2.05, 4.69) is 10.4 Å². The number of halogens is 1. The molecule has 0 saturated heterocycles. The summed E-state index contributed by atoms with van der Waals surface area (Å²) in [6.45, 7) is 1.43. The predicted molar refractivity (Wildman–Crippen MR) is 108 cm³/mol. The van der Waals surface area contributed by atoms with Crippen molar-refractivity contribution in [1.82, 2.24) is 9.78 Å². The van der Waals surface area contributed by atoms with E-state index in [1.165, 1.54) is 27.1 Å². The number of nitrogens with zero attached hydrogens (tertiary/aromatic N) is 2. The first kappa shape index (κ1) is 20.3. The molecular formula is C20H18ClN3O5. The number of carbonyl (C=O) groups is 2. The van der Waals surface area contributed by atoms with Gasteiger partial charge in [-0.2, -0.15) is 5.10 Å². The maximum absolute atomic E-state index is 12.6. The minimum Gasteiger partial charge on any atom is -0.495 e. The third-order valence-corrected chi connectivity index (χ3v) is 4.46. The van der Waals surface area contributed by atoms with Crippen molar-refractivity contribution < 1.29 is 19.1 Å². The number of fused-ring (bicyclic) bond motifs is 1. The van der Waals surface area contributed by atoms with Crippen LogP contribution in [0.15, 0.2) is 47.3 Å². The number of amides is 1. The lowest BCUT2D eigenvalue weighted by molar-refractivity contribution is -0.123. The minimum atomic E-state index is -1.14. The molecule has 1 N–H and O–H groups in total. The fourth-order valence-corrected chi connectivity index (χ4v) is 2.90. The number of hydrogen-bond acceptors (Lipinski definition) is 6. The van der Waals surface area contributed by atoms with Crippen LogP contribution < -0.4 is 15.6 Å². The highest BCUT2D eigenvalue weighted by molar-refractivity contribution is 6.31. The third-order valence-electron chi connectivity index (χ3n) is 4.22. The van der Waals surface area contributed by atoms with Gasteiger partial charge in [-0.1, -0.05) is 29.8 Å². The molecule has 0 radical (unpaired) electrons. The lowest BCUT2D eigenvalue weighted by Crippen LogP contribution is -2.31. The quantitative estimate of drug-likeness (QED) is 0.643. The predicted octanol–water partition coefficient (Wildman–Crippen LogP) is 2.78. The van der Waals surface area contributed by atoms with Gasteiger partial charge >= 0.3 is 5.97 Å². The molecule has 3 aromatic rings. The minimum absolute atomic E-state index is 0.0531. The summed E-state index contributed by atoms with van der Waals surface area (Å²) in [7, 11) is 2.89. The second-order valence-electron chi connectivity index (χ2n) is 6.20. The average molecular weight is 416 g/mol. The molecule has 29 heavy (non-hydrogen) atoms. The van der Waals surface area contributed by atoms with Gasteiger partial charge in [-0.05, 0) is 31.2 Å². The Hall–Kier alpha value is -3.39. The Bertz CT molecular complexity index is 1160. The van der Waals surface area contributed by atoms with Crippen LogP contribution in [0.25, 0.3) is 10.8 Å². The first-order valence-corrected chi connectivity index (χ1v) is 9.01. The number of hydrogen-bond donors (Lipinski definition) is 1. The largest absolute Gasteiger partial charge is 0.495 e. The summed E-state index contributed by atoms with van der Waals surface area (Å²) in [4.78, 5) is 37.3. The van der Waals surface area contributed by atoms with Crippen LogP contribution in [-0.2, 0) is 16.6 Å². The molecule has 150 valence electrons. The van der Waals surface area contributed by atoms with E-state index < -0.39 is 18.0 Å². The van der Waals surface area contributed by atoms with Crippen LogP contribution in [0.2, 0.25) is 5.02 Å². The summed E-state index contributed by atoms with van der Waals surface area (Å²) >= 11 is 5.96. The molecule has 0 bridgehead atoms. The van der Waals surface area contributed by atoms with E-state index in [1.807, 2.05) is 0 Å². The van der Waals surface area contributed by atoms with Crippen molar-refractivity contribution in [3.63, 3.8) is 0 Å². The summed E-state index contributed by atoms with van der Waals surface area (Å²) in [5.41, 5.74) is -0.0442. The molecule has 2 aromatic carbocycles. The van der Waals surface area contributed by atoms with Gasteiger partial charge in [-0.25, -0.2) is 9.48 Å². The Morgan fingerprint density at radius 3 is 2.55 bits per heavy atom. The Balaban J connectivity index is 1.82. The van der Waals surface area contributed by atoms with Crippen LogP contribution in [-0.4, -0.2) is 34.9 Å². The van der Waals surface area contributed by atoms with E-state index in [1.54, 1.807) is 36.4 Å². The summed E-state index contributed by atoms with van der Waals surface area (Å²) in [6, 6.07) is 11.3. The highest BCUT2D eigenvalue weighted by Gasteiger charge is 2.23. The van der Waals surface area contributed by atoms with E-state index in [-0.39, 0.29) is 11.3 Å². The van der Waals surface area contributed by atoms with Gasteiger partial charge in [0.25, 0.3) is 11.5 Å². The Kier molecular flexibility index (Phi) is 5.84. The molecule has 8 nitrogen and oxygen atoms in total. The Morgan fingerprint density at radius 1 is 1.17 bits per heavy atom. The Labute approximate surface area is 171 Å². The molecule has 0 unspecified atom stereocenters. The smallest absolute Gasteiger partial charge is 0.360 e. The van der Waals surface area contributed by atoms with Crippen LogP contribution >= 0.6 is 11.6 Å². The first-order valence-electron chi connectivity index (χ1n) is 8.63. The first-order chi connectivity index (χ1) is 13.8. The molecule has 0 saturated carbocycles. The maximum Gasteiger partial charge on any atom is 0.360 e. The van der Waals surface area contributed by atoms with Crippen molar-refractivity contribution in [2.45, 2.75) is 13.0 Å². The molecule has 0 fully saturated rings. The molecule has 0 aliphatic heterocycles. The van der Waals surface area contributed by atoms with Crippen molar-refractivity contribution in [1.29, 1.82) is 0 Å². The van der Waals surface area contributed by atoms with E-state index in [0.717, 1.165) is 4.68 Å². The molecule has 0 aliphatic rings. The third kappa shape index (κ3) is 4.22. The molecule has 1 heterocycles. The summed E-state index contributed by atoms with van der Waals surface area (Å²) in [6.07, 6.45) is -1.14. The van der Waals surface area contributed by atoms with Crippen molar-refractivity contribution in [2.24, 2.45) is 7.05 Å². The Morgan fingerprint density at radius 2 is 1.86 bits per heavy atom. The van der Waals surface area contributed by atoms with E-state index in [0.29, 0.717) is 27.2 Å². The molecule has 3 rings (SSSR count). The van der Waals surface area contributed by atoms with Gasteiger partial charge in [0.15, 0.2) is 11.8 Å². The van der Waals surface area contributed by atoms with Gasteiger partial charge in [-0.3, -0.25) is 9.59 Å². The highest BCUT2D eigenvalue weighted by atomic mass is 35.5. The number of nitrogens with one attached hydrogen (secondary N) is 1. The summed E-state index contributed by atoms with van der Waals surface area (Å²) in [5, 5.41) is 7.70. The number of esters is 1. The second kappa shape index (κ2) is 8.32. The number of aromatic nitrogens is 2.